The van der Waals surface area contributed by atoms with Gasteiger partial charge in [0.05, 0.1) is 13.2 Å². The summed E-state index contributed by atoms with van der Waals surface area (Å²) >= 11 is 0. The fourth-order valence-electron chi connectivity index (χ4n) is 9.49. The SMILES string of the molecule is COC(=O)CCC[C@@H](C)[C@H]1CC[C@H]2[C@@H]3CC[C@H]4C(O)[C@@H](OC(C)=O)CC[C@]4(C)[C@H]3CC[C@]12C. The van der Waals surface area contributed by atoms with Crippen molar-refractivity contribution >= 4 is 11.9 Å². The monoisotopic (exact) mass is 462 g/mol. The summed E-state index contributed by atoms with van der Waals surface area (Å²) in [6.45, 7) is 8.87. The first-order valence-corrected chi connectivity index (χ1v) is 13.5. The quantitative estimate of drug-likeness (QED) is 0.526. The van der Waals surface area contributed by atoms with Gasteiger partial charge in [0.25, 0.3) is 0 Å². The van der Waals surface area contributed by atoms with E-state index in [1.54, 1.807) is 0 Å². The molecule has 0 radical (unpaired) electrons. The van der Waals surface area contributed by atoms with Gasteiger partial charge in [0, 0.05) is 13.3 Å². The van der Waals surface area contributed by atoms with Crippen molar-refractivity contribution in [2.45, 2.75) is 111 Å². The molecule has 4 fully saturated rings. The van der Waals surface area contributed by atoms with Crippen molar-refractivity contribution in [1.29, 1.82) is 0 Å². The van der Waals surface area contributed by atoms with Crippen LogP contribution in [0.5, 0.6) is 0 Å². The Hall–Kier alpha value is -1.10. The molecule has 33 heavy (non-hydrogen) atoms. The van der Waals surface area contributed by atoms with Crippen molar-refractivity contribution in [3.05, 3.63) is 0 Å². The Balaban J connectivity index is 1.44. The Morgan fingerprint density at radius 1 is 0.970 bits per heavy atom. The van der Waals surface area contributed by atoms with Crippen molar-refractivity contribution < 1.29 is 24.2 Å². The molecule has 0 saturated heterocycles. The molecule has 10 atom stereocenters. The van der Waals surface area contributed by atoms with E-state index in [-0.39, 0.29) is 29.4 Å². The van der Waals surface area contributed by atoms with Crippen LogP contribution in [0.1, 0.15) is 98.3 Å². The van der Waals surface area contributed by atoms with E-state index in [1.165, 1.54) is 46.1 Å². The molecule has 0 aromatic heterocycles. The number of fused-ring (bicyclic) bond motifs is 5. The lowest BCUT2D eigenvalue weighted by Gasteiger charge is -2.62. The van der Waals surface area contributed by atoms with Crippen molar-refractivity contribution in [2.75, 3.05) is 7.11 Å². The molecule has 0 bridgehead atoms. The number of carbonyl (C=O) groups is 2. The smallest absolute Gasteiger partial charge is 0.305 e. The van der Waals surface area contributed by atoms with Gasteiger partial charge in [0.15, 0.2) is 0 Å². The van der Waals surface area contributed by atoms with Crippen LogP contribution in [0, 0.1) is 46.3 Å². The van der Waals surface area contributed by atoms with E-state index >= 15 is 0 Å². The molecule has 0 spiro atoms. The largest absolute Gasteiger partial charge is 0.469 e. The van der Waals surface area contributed by atoms with Gasteiger partial charge in [-0.3, -0.25) is 9.59 Å². The number of hydrogen-bond acceptors (Lipinski definition) is 5. The Bertz CT molecular complexity index is 736. The summed E-state index contributed by atoms with van der Waals surface area (Å²) in [5, 5.41) is 11.2. The van der Waals surface area contributed by atoms with Crippen LogP contribution in [0.2, 0.25) is 0 Å². The first kappa shape index (κ1) is 25.0. The van der Waals surface area contributed by atoms with Gasteiger partial charge >= 0.3 is 11.9 Å². The molecule has 0 aliphatic heterocycles. The molecular formula is C28H46O5. The third kappa shape index (κ3) is 4.36. The van der Waals surface area contributed by atoms with Crippen LogP contribution in [-0.4, -0.2) is 36.4 Å². The summed E-state index contributed by atoms with van der Waals surface area (Å²) in [6.07, 6.45) is 11.1. The summed E-state index contributed by atoms with van der Waals surface area (Å²) < 4.78 is 10.3. The Kier molecular flexibility index (Phi) is 7.21. The molecule has 4 saturated carbocycles. The fraction of sp³-hybridized carbons (Fsp3) is 0.929. The highest BCUT2D eigenvalue weighted by Gasteiger charge is 2.62. The summed E-state index contributed by atoms with van der Waals surface area (Å²) in [6, 6.07) is 0. The standard InChI is InChI=1S/C28H46O5/c1-17(7-6-8-25(30)32-5)20-11-12-21-19-9-10-23-26(31)24(33-18(2)29)14-16-28(23,4)22(19)13-15-27(20,21)3/h17,19-24,26,31H,6-16H2,1-5H3/t17-,19+,20-,21+,22+,23+,24+,26?,27-,28-/m1/s1. The first-order valence-electron chi connectivity index (χ1n) is 13.5. The van der Waals surface area contributed by atoms with E-state index in [0.29, 0.717) is 23.7 Å². The average molecular weight is 463 g/mol. The first-order chi connectivity index (χ1) is 15.6. The minimum Gasteiger partial charge on any atom is -0.469 e. The highest BCUT2D eigenvalue weighted by molar-refractivity contribution is 5.69. The van der Waals surface area contributed by atoms with Gasteiger partial charge < -0.3 is 14.6 Å². The Labute approximate surface area is 200 Å². The zero-order chi connectivity index (χ0) is 24.0. The van der Waals surface area contributed by atoms with Gasteiger partial charge in [-0.1, -0.05) is 20.8 Å². The van der Waals surface area contributed by atoms with E-state index in [1.807, 2.05) is 0 Å². The third-order valence-corrected chi connectivity index (χ3v) is 11.0. The van der Waals surface area contributed by atoms with E-state index in [2.05, 4.69) is 20.8 Å². The zero-order valence-corrected chi connectivity index (χ0v) is 21.5. The van der Waals surface area contributed by atoms with Crippen molar-refractivity contribution in [1.82, 2.24) is 0 Å². The molecule has 0 aromatic rings. The molecule has 0 heterocycles. The fourth-order valence-corrected chi connectivity index (χ4v) is 9.49. The van der Waals surface area contributed by atoms with Crippen LogP contribution >= 0.6 is 0 Å². The highest BCUT2D eigenvalue weighted by Crippen LogP contribution is 2.68. The second-order valence-electron chi connectivity index (χ2n) is 12.4. The molecule has 5 nitrogen and oxygen atoms in total. The lowest BCUT2D eigenvalue weighted by atomic mass is 9.44. The molecule has 4 aliphatic carbocycles. The number of rotatable bonds is 6. The topological polar surface area (TPSA) is 72.8 Å². The van der Waals surface area contributed by atoms with E-state index < -0.39 is 6.10 Å². The number of ether oxygens (including phenoxy) is 2. The lowest BCUT2D eigenvalue weighted by molar-refractivity contribution is -0.191. The van der Waals surface area contributed by atoms with E-state index in [9.17, 15) is 14.7 Å². The van der Waals surface area contributed by atoms with Crippen LogP contribution in [0.4, 0.5) is 0 Å². The second kappa shape index (κ2) is 9.51. The van der Waals surface area contributed by atoms with Gasteiger partial charge in [0.1, 0.15) is 6.10 Å². The Morgan fingerprint density at radius 2 is 1.64 bits per heavy atom. The summed E-state index contributed by atoms with van der Waals surface area (Å²) in [5.41, 5.74) is 0.563. The van der Waals surface area contributed by atoms with Crippen LogP contribution < -0.4 is 0 Å². The van der Waals surface area contributed by atoms with Crippen molar-refractivity contribution in [3.63, 3.8) is 0 Å². The molecule has 0 aromatic carbocycles. The van der Waals surface area contributed by atoms with Crippen molar-refractivity contribution in [3.8, 4) is 0 Å². The third-order valence-electron chi connectivity index (χ3n) is 11.0. The number of esters is 2. The summed E-state index contributed by atoms with van der Waals surface area (Å²) in [5.74, 6) is 3.49. The van der Waals surface area contributed by atoms with Gasteiger partial charge in [-0.15, -0.1) is 0 Å². The molecule has 1 N–H and O–H groups in total. The predicted molar refractivity (Wildman–Crippen MR) is 127 cm³/mol. The number of methoxy groups -OCH3 is 1. The predicted octanol–water partition coefficient (Wildman–Crippen LogP) is 5.53. The number of aliphatic hydroxyl groups is 1. The maximum Gasteiger partial charge on any atom is 0.305 e. The van der Waals surface area contributed by atoms with Crippen molar-refractivity contribution in [2.24, 2.45) is 46.3 Å². The maximum absolute atomic E-state index is 11.5. The maximum atomic E-state index is 11.5. The number of hydrogen-bond donors (Lipinski definition) is 1. The molecular weight excluding hydrogens is 416 g/mol. The molecule has 4 aliphatic rings. The molecule has 0 amide bonds. The molecule has 1 unspecified atom stereocenters. The van der Waals surface area contributed by atoms with Gasteiger partial charge in [-0.2, -0.15) is 0 Å². The van der Waals surface area contributed by atoms with E-state index in [0.717, 1.165) is 49.9 Å². The van der Waals surface area contributed by atoms with Gasteiger partial charge in [0.2, 0.25) is 0 Å². The molecule has 4 rings (SSSR count). The van der Waals surface area contributed by atoms with Crippen LogP contribution in [-0.2, 0) is 19.1 Å². The molecule has 188 valence electrons. The minimum absolute atomic E-state index is 0.0890. The normalized spacial score (nSPS) is 45.3. The lowest BCUT2D eigenvalue weighted by Crippen LogP contribution is -2.58. The summed E-state index contributed by atoms with van der Waals surface area (Å²) in [7, 11) is 1.48. The second-order valence-corrected chi connectivity index (χ2v) is 12.4. The van der Waals surface area contributed by atoms with Crippen LogP contribution in [0.15, 0.2) is 0 Å². The van der Waals surface area contributed by atoms with Crippen LogP contribution in [0.25, 0.3) is 0 Å². The number of aliphatic hydroxyl groups excluding tert-OH is 1. The Morgan fingerprint density at radius 3 is 2.33 bits per heavy atom. The molecule has 5 heteroatoms. The number of carbonyl (C=O) groups excluding carboxylic acids is 2. The van der Waals surface area contributed by atoms with Gasteiger partial charge in [-0.05, 0) is 111 Å². The van der Waals surface area contributed by atoms with Gasteiger partial charge in [-0.25, -0.2) is 0 Å². The summed E-state index contributed by atoms with van der Waals surface area (Å²) in [4.78, 5) is 23.1. The highest BCUT2D eigenvalue weighted by atomic mass is 16.6. The minimum atomic E-state index is -0.520. The van der Waals surface area contributed by atoms with Crippen LogP contribution in [0.3, 0.4) is 0 Å². The average Bonchev–Trinajstić information content (AvgIpc) is 3.12. The zero-order valence-electron chi connectivity index (χ0n) is 21.5. The van der Waals surface area contributed by atoms with E-state index in [4.69, 9.17) is 9.47 Å².